The zero-order valence-electron chi connectivity index (χ0n) is 9.24. The van der Waals surface area contributed by atoms with Crippen molar-refractivity contribution in [3.05, 3.63) is 28.4 Å². The summed E-state index contributed by atoms with van der Waals surface area (Å²) in [5.74, 6) is 0.510. The van der Waals surface area contributed by atoms with Gasteiger partial charge in [-0.1, -0.05) is 29.3 Å². The second kappa shape index (κ2) is 6.05. The van der Waals surface area contributed by atoms with E-state index in [4.69, 9.17) is 0 Å². The van der Waals surface area contributed by atoms with Gasteiger partial charge in [0, 0.05) is 24.3 Å². The lowest BCUT2D eigenvalue weighted by molar-refractivity contribution is 0.442. The summed E-state index contributed by atoms with van der Waals surface area (Å²) in [5, 5.41) is 0.932. The first-order chi connectivity index (χ1) is 7.17. The molecular formula is C11H17BrN2O. The molecule has 0 bridgehead atoms. The van der Waals surface area contributed by atoms with Crippen LogP contribution in [0.4, 0.5) is 0 Å². The molecule has 0 radical (unpaired) electrons. The summed E-state index contributed by atoms with van der Waals surface area (Å²) in [5.41, 5.74) is 0.877. The lowest BCUT2D eigenvalue weighted by atomic mass is 10.1. The van der Waals surface area contributed by atoms with Crippen molar-refractivity contribution in [2.75, 3.05) is 5.33 Å². The molecule has 0 aliphatic rings. The molecule has 0 saturated carbocycles. The number of nitrogens with zero attached hydrogens (tertiary/aromatic N) is 2. The number of hydrogen-bond donors (Lipinski definition) is 0. The van der Waals surface area contributed by atoms with Crippen molar-refractivity contribution in [1.82, 2.24) is 9.55 Å². The Bertz CT molecular complexity index is 362. The van der Waals surface area contributed by atoms with Crippen molar-refractivity contribution in [1.29, 1.82) is 0 Å². The van der Waals surface area contributed by atoms with Crippen LogP contribution in [0.1, 0.15) is 25.3 Å². The highest BCUT2D eigenvalue weighted by Gasteiger charge is 2.08. The Labute approximate surface area is 98.7 Å². The zero-order valence-corrected chi connectivity index (χ0v) is 10.8. The van der Waals surface area contributed by atoms with Gasteiger partial charge in [-0.15, -0.1) is 0 Å². The first-order valence-electron chi connectivity index (χ1n) is 5.26. The van der Waals surface area contributed by atoms with Crippen molar-refractivity contribution in [3.63, 3.8) is 0 Å². The van der Waals surface area contributed by atoms with E-state index in [1.807, 2.05) is 13.1 Å². The fourth-order valence-electron chi connectivity index (χ4n) is 1.60. The van der Waals surface area contributed by atoms with Crippen LogP contribution in [0.15, 0.2) is 17.2 Å². The Balaban J connectivity index is 2.78. The van der Waals surface area contributed by atoms with E-state index < -0.39 is 0 Å². The van der Waals surface area contributed by atoms with Gasteiger partial charge < -0.3 is 0 Å². The average molecular weight is 273 g/mol. The van der Waals surface area contributed by atoms with Gasteiger partial charge in [-0.05, 0) is 24.8 Å². The molecule has 0 aliphatic heterocycles. The summed E-state index contributed by atoms with van der Waals surface area (Å²) < 4.78 is 1.71. The number of alkyl halides is 1. The quantitative estimate of drug-likeness (QED) is 0.772. The minimum Gasteiger partial charge on any atom is -0.299 e. The van der Waals surface area contributed by atoms with Gasteiger partial charge in [0.2, 0.25) is 0 Å². The van der Waals surface area contributed by atoms with Crippen LogP contribution >= 0.6 is 15.9 Å². The van der Waals surface area contributed by atoms with Gasteiger partial charge in [0.25, 0.3) is 0 Å². The van der Waals surface area contributed by atoms with Crippen LogP contribution in [0, 0.1) is 12.8 Å². The van der Waals surface area contributed by atoms with Gasteiger partial charge in [-0.3, -0.25) is 4.57 Å². The van der Waals surface area contributed by atoms with E-state index >= 15 is 0 Å². The monoisotopic (exact) mass is 272 g/mol. The Kier molecular flexibility index (Phi) is 5.02. The van der Waals surface area contributed by atoms with Gasteiger partial charge in [0.05, 0.1) is 0 Å². The lowest BCUT2D eigenvalue weighted by Gasteiger charge is -2.14. The number of rotatable bonds is 5. The van der Waals surface area contributed by atoms with E-state index in [0.717, 1.165) is 30.3 Å². The van der Waals surface area contributed by atoms with Gasteiger partial charge in [-0.25, -0.2) is 9.78 Å². The van der Waals surface area contributed by atoms with E-state index in [9.17, 15) is 4.79 Å². The highest BCUT2D eigenvalue weighted by Crippen LogP contribution is 2.11. The molecule has 1 atom stereocenters. The molecule has 0 fully saturated rings. The van der Waals surface area contributed by atoms with E-state index in [2.05, 4.69) is 27.8 Å². The fourth-order valence-corrected chi connectivity index (χ4v) is 2.13. The Hall–Kier alpha value is -0.640. The van der Waals surface area contributed by atoms with Crippen LogP contribution in [-0.2, 0) is 6.54 Å². The maximum atomic E-state index is 11.5. The van der Waals surface area contributed by atoms with Crippen LogP contribution in [0.5, 0.6) is 0 Å². The summed E-state index contributed by atoms with van der Waals surface area (Å²) in [4.78, 5) is 15.3. The molecule has 1 rings (SSSR count). The third-order valence-corrected chi connectivity index (χ3v) is 3.27. The maximum absolute atomic E-state index is 11.5. The topological polar surface area (TPSA) is 34.9 Å². The summed E-state index contributed by atoms with van der Waals surface area (Å²) in [6.45, 7) is 4.87. The number of halogens is 1. The molecule has 0 amide bonds. The Morgan fingerprint density at radius 1 is 1.60 bits per heavy atom. The first-order valence-corrected chi connectivity index (χ1v) is 6.38. The lowest BCUT2D eigenvalue weighted by Crippen LogP contribution is -2.26. The minimum absolute atomic E-state index is 0.150. The summed E-state index contributed by atoms with van der Waals surface area (Å²) in [6, 6.07) is 0. The third kappa shape index (κ3) is 3.78. The third-order valence-electron chi connectivity index (χ3n) is 2.35. The Morgan fingerprint density at radius 3 is 2.93 bits per heavy atom. The highest BCUT2D eigenvalue weighted by atomic mass is 79.9. The zero-order chi connectivity index (χ0) is 11.3. The molecule has 0 aliphatic carbocycles. The van der Waals surface area contributed by atoms with Gasteiger partial charge in [-0.2, -0.15) is 0 Å². The predicted octanol–water partition coefficient (Wildman–Crippen LogP) is 2.36. The molecule has 84 valence electrons. The molecule has 1 heterocycles. The smallest absolute Gasteiger partial charge is 0.299 e. The van der Waals surface area contributed by atoms with Gasteiger partial charge in [0.1, 0.15) is 0 Å². The molecule has 4 heteroatoms. The van der Waals surface area contributed by atoms with Crippen molar-refractivity contribution in [3.8, 4) is 0 Å². The molecule has 15 heavy (non-hydrogen) atoms. The predicted molar refractivity (Wildman–Crippen MR) is 65.4 cm³/mol. The largest absolute Gasteiger partial charge is 0.347 e. The molecule has 0 saturated heterocycles. The summed E-state index contributed by atoms with van der Waals surface area (Å²) in [7, 11) is 0. The van der Waals surface area contributed by atoms with Crippen LogP contribution in [-0.4, -0.2) is 14.9 Å². The molecule has 0 spiro atoms. The summed E-state index contributed by atoms with van der Waals surface area (Å²) >= 11 is 3.48. The van der Waals surface area contributed by atoms with E-state index in [1.54, 1.807) is 10.8 Å². The molecule has 0 N–H and O–H groups in total. The standard InChI is InChI=1S/C11H17BrN2O/c1-3-4-10(5-12)8-14-7-9(2)6-13-11(14)15/h6-7,10H,3-5,8H2,1-2H3. The van der Waals surface area contributed by atoms with Crippen LogP contribution < -0.4 is 5.69 Å². The summed E-state index contributed by atoms with van der Waals surface area (Å²) in [6.07, 6.45) is 5.76. The fraction of sp³-hybridized carbons (Fsp3) is 0.636. The molecular weight excluding hydrogens is 256 g/mol. The van der Waals surface area contributed by atoms with E-state index in [0.29, 0.717) is 5.92 Å². The minimum atomic E-state index is -0.150. The second-order valence-corrected chi connectivity index (χ2v) is 4.52. The molecule has 1 aromatic rings. The van der Waals surface area contributed by atoms with Crippen molar-refractivity contribution >= 4 is 15.9 Å². The average Bonchev–Trinajstić information content (AvgIpc) is 2.22. The molecule has 1 aromatic heterocycles. The van der Waals surface area contributed by atoms with Gasteiger partial charge >= 0.3 is 5.69 Å². The SMILES string of the molecule is CCCC(CBr)Cn1cc(C)cnc1=O. The molecule has 3 nitrogen and oxygen atoms in total. The normalized spacial score (nSPS) is 12.7. The van der Waals surface area contributed by atoms with E-state index in [1.165, 1.54) is 0 Å². The number of aromatic nitrogens is 2. The molecule has 1 unspecified atom stereocenters. The first kappa shape index (κ1) is 12.4. The van der Waals surface area contributed by atoms with Crippen molar-refractivity contribution < 1.29 is 0 Å². The van der Waals surface area contributed by atoms with Crippen LogP contribution in [0.2, 0.25) is 0 Å². The van der Waals surface area contributed by atoms with Gasteiger partial charge in [0.15, 0.2) is 0 Å². The highest BCUT2D eigenvalue weighted by molar-refractivity contribution is 9.09. The number of aryl methyl sites for hydroxylation is 1. The maximum Gasteiger partial charge on any atom is 0.347 e. The second-order valence-electron chi connectivity index (χ2n) is 3.88. The molecule has 0 aromatic carbocycles. The Morgan fingerprint density at radius 2 is 2.33 bits per heavy atom. The van der Waals surface area contributed by atoms with Crippen molar-refractivity contribution in [2.24, 2.45) is 5.92 Å². The van der Waals surface area contributed by atoms with Crippen molar-refractivity contribution in [2.45, 2.75) is 33.2 Å². The van der Waals surface area contributed by atoms with E-state index in [-0.39, 0.29) is 5.69 Å². The number of hydrogen-bond acceptors (Lipinski definition) is 2. The van der Waals surface area contributed by atoms with Crippen LogP contribution in [0.3, 0.4) is 0 Å². The van der Waals surface area contributed by atoms with Crippen LogP contribution in [0.25, 0.3) is 0 Å².